The van der Waals surface area contributed by atoms with Crippen molar-refractivity contribution in [2.24, 2.45) is 0 Å². The first-order valence-corrected chi connectivity index (χ1v) is 7.84. The number of nitro benzene ring substituents is 1. The van der Waals surface area contributed by atoms with E-state index in [1.807, 2.05) is 45.0 Å². The molecule has 0 unspecified atom stereocenters. The number of carbonyl (C=O) groups excluding carboxylic acids is 1. The number of fused-ring (bicyclic) bond motifs is 1. The van der Waals surface area contributed by atoms with E-state index in [1.165, 1.54) is 16.7 Å². The number of benzene rings is 2. The Morgan fingerprint density at radius 1 is 1.04 bits per heavy atom. The number of hydrogen-bond acceptors (Lipinski definition) is 4. The van der Waals surface area contributed by atoms with E-state index in [9.17, 15) is 14.9 Å². The van der Waals surface area contributed by atoms with Crippen LogP contribution in [0, 0.1) is 10.1 Å². The summed E-state index contributed by atoms with van der Waals surface area (Å²) < 4.78 is 6.87. The summed E-state index contributed by atoms with van der Waals surface area (Å²) in [6.07, 6.45) is 1.25. The van der Waals surface area contributed by atoms with Crippen LogP contribution in [0.25, 0.3) is 22.0 Å². The molecular weight excluding hydrogens is 320 g/mol. The summed E-state index contributed by atoms with van der Waals surface area (Å²) in [6.45, 7) is 5.47. The van der Waals surface area contributed by atoms with E-state index in [-0.39, 0.29) is 5.69 Å². The third-order valence-corrected chi connectivity index (χ3v) is 3.69. The molecule has 1 heterocycles. The van der Waals surface area contributed by atoms with Gasteiger partial charge in [0, 0.05) is 23.7 Å². The number of aromatic nitrogens is 1. The van der Waals surface area contributed by atoms with Gasteiger partial charge in [0.1, 0.15) is 5.60 Å². The van der Waals surface area contributed by atoms with Crippen molar-refractivity contribution in [1.29, 1.82) is 0 Å². The Bertz CT molecular complexity index is 950. The summed E-state index contributed by atoms with van der Waals surface area (Å²) in [5, 5.41) is 11.6. The molecule has 6 nitrogen and oxygen atoms in total. The average molecular weight is 338 g/mol. The Kier molecular flexibility index (Phi) is 4.04. The van der Waals surface area contributed by atoms with Crippen molar-refractivity contribution in [1.82, 2.24) is 4.57 Å². The Balaban J connectivity index is 1.94. The van der Waals surface area contributed by atoms with Crippen LogP contribution in [0.3, 0.4) is 0 Å². The first-order valence-electron chi connectivity index (χ1n) is 7.84. The molecule has 0 aliphatic rings. The van der Waals surface area contributed by atoms with Crippen molar-refractivity contribution in [3.8, 4) is 11.1 Å². The lowest BCUT2D eigenvalue weighted by atomic mass is 10.0. The number of non-ortho nitro benzene ring substituents is 1. The van der Waals surface area contributed by atoms with E-state index in [2.05, 4.69) is 0 Å². The van der Waals surface area contributed by atoms with Crippen molar-refractivity contribution in [3.05, 3.63) is 64.8 Å². The summed E-state index contributed by atoms with van der Waals surface area (Å²) in [4.78, 5) is 22.6. The van der Waals surface area contributed by atoms with Crippen LogP contribution in [0.15, 0.2) is 54.7 Å². The highest BCUT2D eigenvalue weighted by Crippen LogP contribution is 2.27. The van der Waals surface area contributed by atoms with E-state index < -0.39 is 16.6 Å². The van der Waals surface area contributed by atoms with Gasteiger partial charge in [-0.2, -0.15) is 0 Å². The molecule has 0 aliphatic heterocycles. The van der Waals surface area contributed by atoms with Crippen molar-refractivity contribution >= 4 is 22.7 Å². The van der Waals surface area contributed by atoms with Crippen molar-refractivity contribution < 1.29 is 14.5 Å². The molecule has 0 fully saturated rings. The fourth-order valence-corrected chi connectivity index (χ4v) is 2.57. The average Bonchev–Trinajstić information content (AvgIpc) is 2.96. The van der Waals surface area contributed by atoms with Crippen molar-refractivity contribution in [3.63, 3.8) is 0 Å². The SMILES string of the molecule is CC(C)(C)OC(=O)n1ccc2cc(-c3ccc([N+](=O)[O-])cc3)ccc21. The largest absolute Gasteiger partial charge is 0.443 e. The lowest BCUT2D eigenvalue weighted by molar-refractivity contribution is -0.384. The molecule has 3 rings (SSSR count). The molecule has 0 atom stereocenters. The molecular formula is C19H18N2O4. The smallest absolute Gasteiger partial charge is 0.418 e. The molecule has 0 saturated carbocycles. The number of rotatable bonds is 2. The molecule has 0 N–H and O–H groups in total. The van der Waals surface area contributed by atoms with Crippen LogP contribution in [0.4, 0.5) is 10.5 Å². The summed E-state index contributed by atoms with van der Waals surface area (Å²) in [7, 11) is 0. The third-order valence-electron chi connectivity index (χ3n) is 3.69. The molecule has 3 aromatic rings. The second-order valence-electron chi connectivity index (χ2n) is 6.74. The van der Waals surface area contributed by atoms with Crippen molar-refractivity contribution in [2.45, 2.75) is 26.4 Å². The van der Waals surface area contributed by atoms with E-state index >= 15 is 0 Å². The van der Waals surface area contributed by atoms with Gasteiger partial charge in [-0.1, -0.05) is 6.07 Å². The normalized spacial score (nSPS) is 11.5. The van der Waals surface area contributed by atoms with Crippen LogP contribution in [-0.4, -0.2) is 21.2 Å². The zero-order valence-corrected chi connectivity index (χ0v) is 14.2. The fraction of sp³-hybridized carbons (Fsp3) is 0.211. The zero-order valence-electron chi connectivity index (χ0n) is 14.2. The van der Waals surface area contributed by atoms with Gasteiger partial charge in [-0.3, -0.25) is 14.7 Å². The highest BCUT2D eigenvalue weighted by Gasteiger charge is 2.19. The van der Waals surface area contributed by atoms with Gasteiger partial charge in [0.25, 0.3) is 5.69 Å². The second-order valence-corrected chi connectivity index (χ2v) is 6.74. The fourth-order valence-electron chi connectivity index (χ4n) is 2.57. The zero-order chi connectivity index (χ0) is 18.2. The highest BCUT2D eigenvalue weighted by atomic mass is 16.6. The van der Waals surface area contributed by atoms with Gasteiger partial charge in [0.05, 0.1) is 10.4 Å². The van der Waals surface area contributed by atoms with E-state index in [1.54, 1.807) is 18.3 Å². The van der Waals surface area contributed by atoms with Gasteiger partial charge >= 0.3 is 6.09 Å². The standard InChI is InChI=1S/C19H18N2O4/c1-19(2,3)25-18(22)20-11-10-15-12-14(6-9-17(15)20)13-4-7-16(8-5-13)21(23)24/h4-12H,1-3H3. The van der Waals surface area contributed by atoms with Crippen molar-refractivity contribution in [2.75, 3.05) is 0 Å². The highest BCUT2D eigenvalue weighted by molar-refractivity contribution is 5.92. The van der Waals surface area contributed by atoms with E-state index in [0.29, 0.717) is 0 Å². The number of carbonyl (C=O) groups is 1. The maximum atomic E-state index is 12.3. The lowest BCUT2D eigenvalue weighted by Gasteiger charge is -2.19. The van der Waals surface area contributed by atoms with E-state index in [4.69, 9.17) is 4.74 Å². The first-order chi connectivity index (χ1) is 11.7. The van der Waals surface area contributed by atoms with Gasteiger partial charge in [-0.15, -0.1) is 0 Å². The quantitative estimate of drug-likeness (QED) is 0.487. The molecule has 0 amide bonds. The van der Waals surface area contributed by atoms with Crippen LogP contribution in [0.2, 0.25) is 0 Å². The Morgan fingerprint density at radius 2 is 1.68 bits per heavy atom. The molecule has 0 aliphatic carbocycles. The molecule has 25 heavy (non-hydrogen) atoms. The maximum absolute atomic E-state index is 12.3. The number of hydrogen-bond donors (Lipinski definition) is 0. The summed E-state index contributed by atoms with van der Waals surface area (Å²) in [5.74, 6) is 0. The van der Waals surface area contributed by atoms with Gasteiger partial charge in [0.2, 0.25) is 0 Å². The molecule has 0 radical (unpaired) electrons. The van der Waals surface area contributed by atoms with Gasteiger partial charge in [-0.05, 0) is 62.2 Å². The molecule has 6 heteroatoms. The predicted octanol–water partition coefficient (Wildman–Crippen LogP) is 5.00. The summed E-state index contributed by atoms with van der Waals surface area (Å²) in [5.41, 5.74) is 2.04. The number of ether oxygens (including phenoxy) is 1. The minimum Gasteiger partial charge on any atom is -0.443 e. The molecule has 0 saturated heterocycles. The van der Waals surface area contributed by atoms with Crippen LogP contribution >= 0.6 is 0 Å². The Morgan fingerprint density at radius 3 is 2.28 bits per heavy atom. The van der Waals surface area contributed by atoms with Gasteiger partial charge in [-0.25, -0.2) is 4.79 Å². The second kappa shape index (κ2) is 6.05. The number of nitrogens with zero attached hydrogens (tertiary/aromatic N) is 2. The lowest BCUT2D eigenvalue weighted by Crippen LogP contribution is -2.26. The molecule has 1 aromatic heterocycles. The number of nitro groups is 1. The Labute approximate surface area is 144 Å². The molecule has 2 aromatic carbocycles. The van der Waals surface area contributed by atoms with E-state index in [0.717, 1.165) is 22.0 Å². The monoisotopic (exact) mass is 338 g/mol. The minimum absolute atomic E-state index is 0.0564. The maximum Gasteiger partial charge on any atom is 0.418 e. The van der Waals surface area contributed by atoms with Crippen LogP contribution in [-0.2, 0) is 4.74 Å². The van der Waals surface area contributed by atoms with Crippen LogP contribution < -0.4 is 0 Å². The molecule has 0 spiro atoms. The summed E-state index contributed by atoms with van der Waals surface area (Å²) >= 11 is 0. The third kappa shape index (κ3) is 3.52. The summed E-state index contributed by atoms with van der Waals surface area (Å²) in [6, 6.07) is 13.9. The predicted molar refractivity (Wildman–Crippen MR) is 95.7 cm³/mol. The van der Waals surface area contributed by atoms with Crippen LogP contribution in [0.5, 0.6) is 0 Å². The molecule has 0 bridgehead atoms. The van der Waals surface area contributed by atoms with Gasteiger partial charge < -0.3 is 4.74 Å². The van der Waals surface area contributed by atoms with Crippen LogP contribution in [0.1, 0.15) is 20.8 Å². The minimum atomic E-state index is -0.563. The molecule has 128 valence electrons. The first kappa shape index (κ1) is 16.7. The van der Waals surface area contributed by atoms with Gasteiger partial charge in [0.15, 0.2) is 0 Å². The topological polar surface area (TPSA) is 74.4 Å². The Hall–Kier alpha value is -3.15.